The monoisotopic (exact) mass is 260 g/mol. The van der Waals surface area contributed by atoms with E-state index < -0.39 is 0 Å². The minimum absolute atomic E-state index is 0.0453. The first-order valence-corrected chi connectivity index (χ1v) is 7.05. The summed E-state index contributed by atoms with van der Waals surface area (Å²) >= 11 is 0. The lowest BCUT2D eigenvalue weighted by atomic mass is 10.2. The van der Waals surface area contributed by atoms with Gasteiger partial charge in [-0.25, -0.2) is 4.52 Å². The molecule has 5 heteroatoms. The van der Waals surface area contributed by atoms with Crippen LogP contribution in [0.2, 0.25) is 0 Å². The van der Waals surface area contributed by atoms with Crippen LogP contribution < -0.4 is 10.9 Å². The van der Waals surface area contributed by atoms with Crippen molar-refractivity contribution < 1.29 is 0 Å². The highest BCUT2D eigenvalue weighted by molar-refractivity contribution is 5.42. The van der Waals surface area contributed by atoms with Crippen LogP contribution in [0.3, 0.4) is 0 Å². The number of nitrogens with zero attached hydrogens (tertiary/aromatic N) is 3. The molecule has 0 aliphatic heterocycles. The second-order valence-electron chi connectivity index (χ2n) is 5.31. The van der Waals surface area contributed by atoms with Crippen molar-refractivity contribution >= 4 is 5.52 Å². The Kier molecular flexibility index (Phi) is 3.38. The van der Waals surface area contributed by atoms with Gasteiger partial charge in [0.15, 0.2) is 0 Å². The molecule has 1 fully saturated rings. The molecule has 0 radical (unpaired) electrons. The lowest BCUT2D eigenvalue weighted by Gasteiger charge is -2.19. The van der Waals surface area contributed by atoms with Crippen LogP contribution in [0.1, 0.15) is 26.2 Å². The van der Waals surface area contributed by atoms with Gasteiger partial charge in [-0.15, -0.1) is 0 Å². The molecule has 2 aromatic heterocycles. The van der Waals surface area contributed by atoms with E-state index in [0.717, 1.165) is 25.4 Å². The molecule has 1 N–H and O–H groups in total. The maximum absolute atomic E-state index is 12.3. The highest BCUT2D eigenvalue weighted by Crippen LogP contribution is 2.33. The minimum Gasteiger partial charge on any atom is -0.312 e. The standard InChI is InChI=1S/C14H20N4O/c1-2-6-15-12(11-3-4-11)10-17-8-9-18-13(14(17)19)5-7-16-18/h5,7-9,11-12,15H,2-4,6,10H2,1H3. The predicted molar refractivity (Wildman–Crippen MR) is 74.3 cm³/mol. The SMILES string of the molecule is CCCNC(Cn1ccn2nccc2c1=O)C1CC1. The highest BCUT2D eigenvalue weighted by atomic mass is 16.1. The van der Waals surface area contributed by atoms with Crippen molar-refractivity contribution in [3.05, 3.63) is 35.0 Å². The summed E-state index contributed by atoms with van der Waals surface area (Å²) in [5.41, 5.74) is 0.691. The number of fused-ring (bicyclic) bond motifs is 1. The van der Waals surface area contributed by atoms with Gasteiger partial charge in [0, 0.05) is 25.0 Å². The maximum atomic E-state index is 12.3. The summed E-state index contributed by atoms with van der Waals surface area (Å²) in [6.45, 7) is 3.94. The third-order valence-corrected chi connectivity index (χ3v) is 3.78. The van der Waals surface area contributed by atoms with E-state index in [0.29, 0.717) is 11.6 Å². The summed E-state index contributed by atoms with van der Waals surface area (Å²) in [4.78, 5) is 12.3. The van der Waals surface area contributed by atoms with Crippen LogP contribution in [0.4, 0.5) is 0 Å². The highest BCUT2D eigenvalue weighted by Gasteiger charge is 2.31. The molecule has 0 aromatic carbocycles. The maximum Gasteiger partial charge on any atom is 0.276 e. The average Bonchev–Trinajstić information content (AvgIpc) is 3.14. The van der Waals surface area contributed by atoms with Gasteiger partial charge >= 0.3 is 0 Å². The average molecular weight is 260 g/mol. The van der Waals surface area contributed by atoms with E-state index >= 15 is 0 Å². The van der Waals surface area contributed by atoms with Crippen molar-refractivity contribution in [1.82, 2.24) is 19.5 Å². The molecular weight excluding hydrogens is 240 g/mol. The van der Waals surface area contributed by atoms with Gasteiger partial charge < -0.3 is 9.88 Å². The van der Waals surface area contributed by atoms with E-state index in [-0.39, 0.29) is 5.56 Å². The zero-order valence-corrected chi connectivity index (χ0v) is 11.2. The summed E-state index contributed by atoms with van der Waals surface area (Å²) < 4.78 is 3.44. The van der Waals surface area contributed by atoms with Gasteiger partial charge in [-0.2, -0.15) is 5.10 Å². The molecule has 0 spiro atoms. The quantitative estimate of drug-likeness (QED) is 0.851. The first-order valence-electron chi connectivity index (χ1n) is 7.05. The second-order valence-corrected chi connectivity index (χ2v) is 5.31. The van der Waals surface area contributed by atoms with Gasteiger partial charge in [0.05, 0.1) is 6.20 Å². The number of rotatable bonds is 6. The Morgan fingerprint density at radius 3 is 3.05 bits per heavy atom. The molecule has 2 aromatic rings. The van der Waals surface area contributed by atoms with Gasteiger partial charge in [-0.3, -0.25) is 4.79 Å². The molecule has 1 unspecified atom stereocenters. The van der Waals surface area contributed by atoms with Gasteiger partial charge in [0.25, 0.3) is 5.56 Å². The number of nitrogens with one attached hydrogen (secondary N) is 1. The van der Waals surface area contributed by atoms with Crippen LogP contribution in [0, 0.1) is 5.92 Å². The van der Waals surface area contributed by atoms with Crippen LogP contribution in [0.15, 0.2) is 29.5 Å². The first kappa shape index (κ1) is 12.4. The Labute approximate surface area is 112 Å². The molecule has 0 amide bonds. The molecule has 102 valence electrons. The first-order chi connectivity index (χ1) is 9.29. The van der Waals surface area contributed by atoms with Crippen LogP contribution in [0.5, 0.6) is 0 Å². The summed E-state index contributed by atoms with van der Waals surface area (Å²) in [5, 5.41) is 7.65. The van der Waals surface area contributed by atoms with Gasteiger partial charge in [-0.05, 0) is 37.8 Å². The van der Waals surface area contributed by atoms with Crippen molar-refractivity contribution in [2.24, 2.45) is 5.92 Å². The Balaban J connectivity index is 1.82. The molecule has 1 aliphatic rings. The van der Waals surface area contributed by atoms with Crippen molar-refractivity contribution in [3.63, 3.8) is 0 Å². The fourth-order valence-electron chi connectivity index (χ4n) is 2.53. The lowest BCUT2D eigenvalue weighted by molar-refractivity contribution is 0.402. The summed E-state index contributed by atoms with van der Waals surface area (Å²) in [7, 11) is 0. The van der Waals surface area contributed by atoms with Crippen molar-refractivity contribution in [2.45, 2.75) is 38.8 Å². The summed E-state index contributed by atoms with van der Waals surface area (Å²) in [5.74, 6) is 0.736. The zero-order chi connectivity index (χ0) is 13.2. The number of hydrogen-bond acceptors (Lipinski definition) is 3. The molecule has 19 heavy (non-hydrogen) atoms. The molecule has 5 nitrogen and oxygen atoms in total. The van der Waals surface area contributed by atoms with Crippen molar-refractivity contribution in [3.8, 4) is 0 Å². The van der Waals surface area contributed by atoms with Crippen LogP contribution in [-0.2, 0) is 6.54 Å². The Bertz CT molecular complexity index is 611. The Hall–Kier alpha value is -1.62. The van der Waals surface area contributed by atoms with E-state index in [1.54, 1.807) is 16.8 Å². The fraction of sp³-hybridized carbons (Fsp3) is 0.571. The lowest BCUT2D eigenvalue weighted by Crippen LogP contribution is -2.38. The van der Waals surface area contributed by atoms with Gasteiger partial charge in [0.1, 0.15) is 5.52 Å². The van der Waals surface area contributed by atoms with E-state index in [1.807, 2.05) is 17.0 Å². The van der Waals surface area contributed by atoms with E-state index in [9.17, 15) is 4.79 Å². The zero-order valence-electron chi connectivity index (χ0n) is 11.2. The third kappa shape index (κ3) is 2.56. The van der Waals surface area contributed by atoms with Gasteiger partial charge in [0.2, 0.25) is 0 Å². The van der Waals surface area contributed by atoms with Crippen molar-refractivity contribution in [1.29, 1.82) is 0 Å². The van der Waals surface area contributed by atoms with Crippen molar-refractivity contribution in [2.75, 3.05) is 6.54 Å². The minimum atomic E-state index is 0.0453. The predicted octanol–water partition coefficient (Wildman–Crippen LogP) is 1.27. The van der Waals surface area contributed by atoms with Gasteiger partial charge in [-0.1, -0.05) is 6.92 Å². The number of aromatic nitrogens is 3. The Morgan fingerprint density at radius 1 is 1.47 bits per heavy atom. The van der Waals surface area contributed by atoms with E-state index in [2.05, 4.69) is 17.3 Å². The number of hydrogen-bond donors (Lipinski definition) is 1. The summed E-state index contributed by atoms with van der Waals surface area (Å²) in [6, 6.07) is 2.19. The summed E-state index contributed by atoms with van der Waals surface area (Å²) in [6.07, 6.45) is 9.04. The van der Waals surface area contributed by atoms with E-state index in [4.69, 9.17) is 0 Å². The largest absolute Gasteiger partial charge is 0.312 e. The van der Waals surface area contributed by atoms with E-state index in [1.165, 1.54) is 12.8 Å². The molecule has 0 bridgehead atoms. The molecule has 0 saturated heterocycles. The van der Waals surface area contributed by atoms with Crippen LogP contribution in [-0.4, -0.2) is 26.8 Å². The topological polar surface area (TPSA) is 51.3 Å². The molecule has 2 heterocycles. The third-order valence-electron chi connectivity index (χ3n) is 3.78. The molecule has 1 aliphatic carbocycles. The Morgan fingerprint density at radius 2 is 2.32 bits per heavy atom. The molecule has 3 rings (SSSR count). The normalized spacial score (nSPS) is 16.9. The second kappa shape index (κ2) is 5.17. The smallest absolute Gasteiger partial charge is 0.276 e. The van der Waals surface area contributed by atoms with Crippen LogP contribution in [0.25, 0.3) is 5.52 Å². The fourth-order valence-corrected chi connectivity index (χ4v) is 2.53. The molecular formula is C14H20N4O. The van der Waals surface area contributed by atoms with Crippen LogP contribution >= 0.6 is 0 Å². The molecule has 1 atom stereocenters. The molecule has 1 saturated carbocycles.